The molecule has 3 rings (SSSR count). The molecule has 1 heterocycles. The fourth-order valence-electron chi connectivity index (χ4n) is 2.50. The topological polar surface area (TPSA) is 29.9 Å². The molecule has 2 aliphatic carbocycles. The first-order valence-corrected chi connectivity index (χ1v) is 6.23. The van der Waals surface area contributed by atoms with Crippen molar-refractivity contribution in [3.8, 4) is 0 Å². The van der Waals surface area contributed by atoms with Crippen molar-refractivity contribution in [2.24, 2.45) is 0 Å². The summed E-state index contributed by atoms with van der Waals surface area (Å²) in [5.41, 5.74) is 0. The Morgan fingerprint density at radius 3 is 2.67 bits per heavy atom. The molecule has 0 aliphatic heterocycles. The Morgan fingerprint density at radius 1 is 1.13 bits per heavy atom. The summed E-state index contributed by atoms with van der Waals surface area (Å²) < 4.78 is 2.31. The molecule has 0 amide bonds. The third-order valence-corrected chi connectivity index (χ3v) is 3.55. The average molecular weight is 205 g/mol. The van der Waals surface area contributed by atoms with Crippen LogP contribution in [0.5, 0.6) is 0 Å². The predicted octanol–water partition coefficient (Wildman–Crippen LogP) is 2.96. The second kappa shape index (κ2) is 3.87. The summed E-state index contributed by atoms with van der Waals surface area (Å²) in [5.74, 6) is 1.10. The molecular weight excluding hydrogens is 186 g/mol. The molecule has 0 saturated heterocycles. The van der Waals surface area contributed by atoms with E-state index in [1.807, 2.05) is 6.20 Å². The van der Waals surface area contributed by atoms with Gasteiger partial charge in [-0.2, -0.15) is 0 Å². The summed E-state index contributed by atoms with van der Waals surface area (Å²) in [7, 11) is 0. The molecule has 1 aromatic heterocycles. The maximum absolute atomic E-state index is 4.42. The number of anilines is 1. The maximum Gasteiger partial charge on any atom is 0.203 e. The van der Waals surface area contributed by atoms with Gasteiger partial charge in [-0.25, -0.2) is 4.98 Å². The quantitative estimate of drug-likeness (QED) is 0.822. The van der Waals surface area contributed by atoms with Gasteiger partial charge in [0.2, 0.25) is 5.95 Å². The van der Waals surface area contributed by atoms with Crippen LogP contribution in [0, 0.1) is 0 Å². The molecule has 0 radical (unpaired) electrons. The van der Waals surface area contributed by atoms with Gasteiger partial charge in [0.15, 0.2) is 0 Å². The molecule has 0 bridgehead atoms. The minimum absolute atomic E-state index is 0.665. The molecule has 0 spiro atoms. The highest BCUT2D eigenvalue weighted by Gasteiger charge is 2.26. The second-order valence-corrected chi connectivity index (χ2v) is 4.87. The third-order valence-electron chi connectivity index (χ3n) is 3.55. The van der Waals surface area contributed by atoms with E-state index in [9.17, 15) is 0 Å². The summed E-state index contributed by atoms with van der Waals surface area (Å²) in [6.45, 7) is 0. The first kappa shape index (κ1) is 9.25. The van der Waals surface area contributed by atoms with Crippen molar-refractivity contribution in [3.63, 3.8) is 0 Å². The third kappa shape index (κ3) is 2.01. The molecule has 1 aromatic rings. The summed E-state index contributed by atoms with van der Waals surface area (Å²) in [6.07, 6.45) is 13.5. The van der Waals surface area contributed by atoms with Gasteiger partial charge in [0, 0.05) is 24.5 Å². The van der Waals surface area contributed by atoms with E-state index in [2.05, 4.69) is 21.1 Å². The Kier molecular flexibility index (Phi) is 2.39. The van der Waals surface area contributed by atoms with E-state index < -0.39 is 0 Å². The highest BCUT2D eigenvalue weighted by Crippen LogP contribution is 2.37. The molecule has 0 unspecified atom stereocenters. The van der Waals surface area contributed by atoms with E-state index in [0.717, 1.165) is 12.0 Å². The Morgan fingerprint density at radius 2 is 1.93 bits per heavy atom. The van der Waals surface area contributed by atoms with Gasteiger partial charge in [0.1, 0.15) is 0 Å². The predicted molar refractivity (Wildman–Crippen MR) is 61.0 cm³/mol. The van der Waals surface area contributed by atoms with Gasteiger partial charge in [-0.1, -0.05) is 19.3 Å². The second-order valence-electron chi connectivity index (χ2n) is 4.87. The number of rotatable bonds is 3. The van der Waals surface area contributed by atoms with Crippen LogP contribution in [0.3, 0.4) is 0 Å². The first-order valence-electron chi connectivity index (χ1n) is 6.23. The lowest BCUT2D eigenvalue weighted by atomic mass is 9.96. The number of nitrogens with one attached hydrogen (secondary N) is 1. The highest BCUT2D eigenvalue weighted by atomic mass is 15.2. The van der Waals surface area contributed by atoms with Gasteiger partial charge in [0.05, 0.1) is 0 Å². The van der Waals surface area contributed by atoms with Crippen LogP contribution in [-0.2, 0) is 0 Å². The number of aromatic nitrogens is 2. The molecular formula is C12H19N3. The lowest BCUT2D eigenvalue weighted by Crippen LogP contribution is -2.24. The summed E-state index contributed by atoms with van der Waals surface area (Å²) in [6, 6.07) is 1.40. The van der Waals surface area contributed by atoms with Gasteiger partial charge in [0.25, 0.3) is 0 Å². The molecule has 2 fully saturated rings. The zero-order valence-corrected chi connectivity index (χ0v) is 9.15. The van der Waals surface area contributed by atoms with E-state index in [-0.39, 0.29) is 0 Å². The van der Waals surface area contributed by atoms with Gasteiger partial charge < -0.3 is 9.88 Å². The van der Waals surface area contributed by atoms with E-state index in [1.165, 1.54) is 44.9 Å². The highest BCUT2D eigenvalue weighted by molar-refractivity contribution is 5.29. The Labute approximate surface area is 90.9 Å². The monoisotopic (exact) mass is 205 g/mol. The largest absolute Gasteiger partial charge is 0.353 e. The Balaban J connectivity index is 1.67. The van der Waals surface area contributed by atoms with Crippen LogP contribution in [0.25, 0.3) is 0 Å². The molecule has 2 saturated carbocycles. The molecule has 3 heteroatoms. The molecule has 82 valence electrons. The SMILES string of the molecule is c1cn(C2CC2)c(NC2CCCCC2)n1. The Hall–Kier alpha value is -0.990. The van der Waals surface area contributed by atoms with Crippen molar-refractivity contribution >= 4 is 5.95 Å². The van der Waals surface area contributed by atoms with Gasteiger partial charge in [-0.05, 0) is 25.7 Å². The van der Waals surface area contributed by atoms with Gasteiger partial charge in [-0.3, -0.25) is 0 Å². The maximum atomic E-state index is 4.42. The van der Waals surface area contributed by atoms with Crippen molar-refractivity contribution in [2.75, 3.05) is 5.32 Å². The average Bonchev–Trinajstić information content (AvgIpc) is 3.02. The normalized spacial score (nSPS) is 22.9. The van der Waals surface area contributed by atoms with Gasteiger partial charge >= 0.3 is 0 Å². The zero-order valence-electron chi connectivity index (χ0n) is 9.15. The molecule has 15 heavy (non-hydrogen) atoms. The Bertz CT molecular complexity index is 321. The lowest BCUT2D eigenvalue weighted by Gasteiger charge is -2.23. The van der Waals surface area contributed by atoms with E-state index >= 15 is 0 Å². The van der Waals surface area contributed by atoms with E-state index in [0.29, 0.717) is 6.04 Å². The van der Waals surface area contributed by atoms with Crippen LogP contribution < -0.4 is 5.32 Å². The van der Waals surface area contributed by atoms with Crippen LogP contribution in [-0.4, -0.2) is 15.6 Å². The van der Waals surface area contributed by atoms with Crippen molar-refractivity contribution in [1.29, 1.82) is 0 Å². The number of hydrogen-bond acceptors (Lipinski definition) is 2. The number of hydrogen-bond donors (Lipinski definition) is 1. The van der Waals surface area contributed by atoms with Crippen molar-refractivity contribution < 1.29 is 0 Å². The van der Waals surface area contributed by atoms with Crippen molar-refractivity contribution in [2.45, 2.75) is 57.0 Å². The van der Waals surface area contributed by atoms with Gasteiger partial charge in [-0.15, -0.1) is 0 Å². The molecule has 0 aromatic carbocycles. The first-order chi connectivity index (χ1) is 7.43. The van der Waals surface area contributed by atoms with Crippen LogP contribution in [0.1, 0.15) is 51.0 Å². The van der Waals surface area contributed by atoms with Crippen LogP contribution in [0.4, 0.5) is 5.95 Å². The molecule has 2 aliphatic rings. The van der Waals surface area contributed by atoms with E-state index in [1.54, 1.807) is 0 Å². The molecule has 3 nitrogen and oxygen atoms in total. The minimum atomic E-state index is 0.665. The summed E-state index contributed by atoms with van der Waals surface area (Å²) in [4.78, 5) is 4.42. The fraction of sp³-hybridized carbons (Fsp3) is 0.750. The van der Waals surface area contributed by atoms with Crippen LogP contribution in [0.15, 0.2) is 12.4 Å². The lowest BCUT2D eigenvalue weighted by molar-refractivity contribution is 0.459. The molecule has 0 atom stereocenters. The van der Waals surface area contributed by atoms with Crippen LogP contribution >= 0.6 is 0 Å². The van der Waals surface area contributed by atoms with Crippen LogP contribution in [0.2, 0.25) is 0 Å². The zero-order chi connectivity index (χ0) is 10.1. The van der Waals surface area contributed by atoms with Crippen molar-refractivity contribution in [1.82, 2.24) is 9.55 Å². The number of nitrogens with zero attached hydrogens (tertiary/aromatic N) is 2. The van der Waals surface area contributed by atoms with Crippen molar-refractivity contribution in [3.05, 3.63) is 12.4 Å². The smallest absolute Gasteiger partial charge is 0.203 e. The fourth-order valence-corrected chi connectivity index (χ4v) is 2.50. The molecule has 1 N–H and O–H groups in total. The van der Waals surface area contributed by atoms with E-state index in [4.69, 9.17) is 0 Å². The summed E-state index contributed by atoms with van der Waals surface area (Å²) in [5, 5.41) is 3.60. The number of imidazole rings is 1. The summed E-state index contributed by atoms with van der Waals surface area (Å²) >= 11 is 0. The standard InChI is InChI=1S/C12H19N3/c1-2-4-10(5-3-1)14-12-13-8-9-15(12)11-6-7-11/h8-11H,1-7H2,(H,13,14). The minimum Gasteiger partial charge on any atom is -0.353 e.